The third-order valence-electron chi connectivity index (χ3n) is 4.25. The maximum Gasteiger partial charge on any atom is 0.234 e. The molecular formula is C14H26N2O3. The summed E-state index contributed by atoms with van der Waals surface area (Å²) in [5, 5.41) is 12.3. The Kier molecular flexibility index (Phi) is 5.60. The molecule has 0 aromatic rings. The first-order chi connectivity index (χ1) is 9.19. The number of nitrogens with one attached hydrogen (secondary N) is 1. The minimum Gasteiger partial charge on any atom is -0.394 e. The summed E-state index contributed by atoms with van der Waals surface area (Å²) >= 11 is 0. The second-order valence-corrected chi connectivity index (χ2v) is 5.85. The van der Waals surface area contributed by atoms with Crippen LogP contribution in [0.3, 0.4) is 0 Å². The van der Waals surface area contributed by atoms with E-state index in [-0.39, 0.29) is 18.6 Å². The van der Waals surface area contributed by atoms with E-state index in [0.717, 1.165) is 13.0 Å². The van der Waals surface area contributed by atoms with Gasteiger partial charge in [-0.15, -0.1) is 0 Å². The number of aliphatic hydroxyl groups is 1. The van der Waals surface area contributed by atoms with Gasteiger partial charge in [-0.3, -0.25) is 9.69 Å². The summed E-state index contributed by atoms with van der Waals surface area (Å²) in [6.07, 6.45) is 4.69. The molecule has 0 radical (unpaired) electrons. The lowest BCUT2D eigenvalue weighted by atomic mass is 9.86. The van der Waals surface area contributed by atoms with E-state index < -0.39 is 0 Å². The van der Waals surface area contributed by atoms with Crippen LogP contribution in [0.4, 0.5) is 0 Å². The third kappa shape index (κ3) is 4.44. The number of carbonyl (C=O) groups is 1. The fourth-order valence-corrected chi connectivity index (χ4v) is 3.02. The zero-order valence-electron chi connectivity index (χ0n) is 11.8. The van der Waals surface area contributed by atoms with E-state index in [4.69, 9.17) is 9.84 Å². The molecular weight excluding hydrogens is 244 g/mol. The second kappa shape index (κ2) is 7.22. The molecule has 2 rings (SSSR count). The Labute approximate surface area is 115 Å². The Hall–Kier alpha value is -0.650. The summed E-state index contributed by atoms with van der Waals surface area (Å²) in [6.45, 7) is 4.67. The number of nitrogens with zero attached hydrogens (tertiary/aromatic N) is 1. The van der Waals surface area contributed by atoms with Crippen molar-refractivity contribution >= 4 is 5.91 Å². The number of rotatable bonds is 4. The van der Waals surface area contributed by atoms with Gasteiger partial charge in [-0.1, -0.05) is 19.8 Å². The van der Waals surface area contributed by atoms with E-state index in [1.807, 2.05) is 0 Å². The van der Waals surface area contributed by atoms with Crippen LogP contribution < -0.4 is 5.32 Å². The minimum absolute atomic E-state index is 0.0256. The lowest BCUT2D eigenvalue weighted by Crippen LogP contribution is -2.50. The van der Waals surface area contributed by atoms with Gasteiger partial charge in [-0.2, -0.15) is 0 Å². The molecule has 2 aliphatic rings. The molecule has 0 spiro atoms. The van der Waals surface area contributed by atoms with E-state index in [1.165, 1.54) is 19.3 Å². The Morgan fingerprint density at radius 3 is 2.95 bits per heavy atom. The first kappa shape index (κ1) is 14.8. The van der Waals surface area contributed by atoms with Gasteiger partial charge in [0, 0.05) is 19.1 Å². The van der Waals surface area contributed by atoms with Crippen LogP contribution in [0, 0.1) is 5.92 Å². The van der Waals surface area contributed by atoms with E-state index >= 15 is 0 Å². The van der Waals surface area contributed by atoms with Crippen molar-refractivity contribution in [2.24, 2.45) is 5.92 Å². The zero-order chi connectivity index (χ0) is 13.7. The molecule has 3 unspecified atom stereocenters. The predicted molar refractivity (Wildman–Crippen MR) is 72.8 cm³/mol. The van der Waals surface area contributed by atoms with Gasteiger partial charge in [0.05, 0.1) is 25.9 Å². The van der Waals surface area contributed by atoms with Crippen LogP contribution in [0.25, 0.3) is 0 Å². The summed E-state index contributed by atoms with van der Waals surface area (Å²) in [7, 11) is 0. The molecule has 3 atom stereocenters. The third-order valence-corrected chi connectivity index (χ3v) is 4.25. The fourth-order valence-electron chi connectivity index (χ4n) is 3.02. The molecule has 19 heavy (non-hydrogen) atoms. The highest BCUT2D eigenvalue weighted by Gasteiger charge is 2.25. The molecule has 0 bridgehead atoms. The Morgan fingerprint density at radius 1 is 1.42 bits per heavy atom. The lowest BCUT2D eigenvalue weighted by Gasteiger charge is -2.33. The number of aliphatic hydroxyl groups excluding tert-OH is 1. The topological polar surface area (TPSA) is 61.8 Å². The highest BCUT2D eigenvalue weighted by molar-refractivity contribution is 5.78. The van der Waals surface area contributed by atoms with Crippen LogP contribution in [-0.4, -0.2) is 60.9 Å². The number of ether oxygens (including phenoxy) is 1. The molecule has 2 fully saturated rings. The number of carbonyl (C=O) groups excluding carboxylic acids is 1. The Balaban J connectivity index is 1.74. The molecule has 1 saturated carbocycles. The molecule has 2 N–H and O–H groups in total. The van der Waals surface area contributed by atoms with Crippen molar-refractivity contribution in [1.29, 1.82) is 0 Å². The number of hydrogen-bond acceptors (Lipinski definition) is 4. The first-order valence-corrected chi connectivity index (χ1v) is 7.43. The molecule has 1 aliphatic carbocycles. The molecule has 5 heteroatoms. The highest BCUT2D eigenvalue weighted by Crippen LogP contribution is 2.23. The van der Waals surface area contributed by atoms with Crippen molar-refractivity contribution < 1.29 is 14.6 Å². The number of morpholine rings is 1. The molecule has 1 amide bonds. The molecule has 1 saturated heterocycles. The van der Waals surface area contributed by atoms with Crippen molar-refractivity contribution in [1.82, 2.24) is 10.2 Å². The van der Waals surface area contributed by atoms with Crippen molar-refractivity contribution in [2.45, 2.75) is 44.8 Å². The van der Waals surface area contributed by atoms with Crippen LogP contribution in [0.15, 0.2) is 0 Å². The summed E-state index contributed by atoms with van der Waals surface area (Å²) in [6, 6.07) is 0.343. The normalized spacial score (nSPS) is 33.1. The number of amides is 1. The van der Waals surface area contributed by atoms with Gasteiger partial charge in [0.2, 0.25) is 5.91 Å². The van der Waals surface area contributed by atoms with E-state index in [1.54, 1.807) is 0 Å². The van der Waals surface area contributed by atoms with Crippen molar-refractivity contribution in [3.05, 3.63) is 0 Å². The summed E-state index contributed by atoms with van der Waals surface area (Å²) in [5.74, 6) is 0.699. The van der Waals surface area contributed by atoms with Gasteiger partial charge in [-0.05, 0) is 18.8 Å². The molecule has 5 nitrogen and oxygen atoms in total. The summed E-state index contributed by atoms with van der Waals surface area (Å²) in [4.78, 5) is 14.1. The molecule has 1 aliphatic heterocycles. The molecule has 0 aromatic carbocycles. The van der Waals surface area contributed by atoms with Crippen molar-refractivity contribution in [2.75, 3.05) is 32.8 Å². The number of hydrogen-bond donors (Lipinski definition) is 2. The average Bonchev–Trinajstić information content (AvgIpc) is 2.41. The smallest absolute Gasteiger partial charge is 0.234 e. The quantitative estimate of drug-likeness (QED) is 0.775. The Bertz CT molecular complexity index is 298. The van der Waals surface area contributed by atoms with Gasteiger partial charge in [0.15, 0.2) is 0 Å². The highest BCUT2D eigenvalue weighted by atomic mass is 16.5. The van der Waals surface area contributed by atoms with Gasteiger partial charge in [-0.25, -0.2) is 0 Å². The van der Waals surface area contributed by atoms with Crippen LogP contribution >= 0.6 is 0 Å². The van der Waals surface area contributed by atoms with Gasteiger partial charge >= 0.3 is 0 Å². The van der Waals surface area contributed by atoms with Crippen LogP contribution in [0.2, 0.25) is 0 Å². The van der Waals surface area contributed by atoms with E-state index in [2.05, 4.69) is 17.1 Å². The van der Waals surface area contributed by atoms with Gasteiger partial charge in [0.1, 0.15) is 0 Å². The zero-order valence-corrected chi connectivity index (χ0v) is 11.8. The van der Waals surface area contributed by atoms with Crippen molar-refractivity contribution in [3.63, 3.8) is 0 Å². The van der Waals surface area contributed by atoms with Crippen LogP contribution in [0.5, 0.6) is 0 Å². The predicted octanol–water partition coefficient (Wildman–Crippen LogP) is 0.374. The summed E-state index contributed by atoms with van der Waals surface area (Å²) in [5.41, 5.74) is 0. The van der Waals surface area contributed by atoms with Crippen molar-refractivity contribution in [3.8, 4) is 0 Å². The molecule has 1 heterocycles. The molecule has 0 aromatic heterocycles. The van der Waals surface area contributed by atoms with Crippen LogP contribution in [0.1, 0.15) is 32.6 Å². The Morgan fingerprint density at radius 2 is 2.21 bits per heavy atom. The maximum absolute atomic E-state index is 12.1. The lowest BCUT2D eigenvalue weighted by molar-refractivity contribution is -0.126. The second-order valence-electron chi connectivity index (χ2n) is 5.85. The largest absolute Gasteiger partial charge is 0.394 e. The maximum atomic E-state index is 12.1. The monoisotopic (exact) mass is 270 g/mol. The standard InChI is InChI=1S/C14H26N2O3/c1-11-4-2-3-5-13(11)15-14(18)9-16-6-7-19-12(8-16)10-17/h11-13,17H,2-10H2,1H3,(H,15,18). The van der Waals surface area contributed by atoms with Crippen LogP contribution in [-0.2, 0) is 9.53 Å². The SMILES string of the molecule is CC1CCCCC1NC(=O)CN1CCOC(CO)C1. The van der Waals surface area contributed by atoms with E-state index in [0.29, 0.717) is 31.7 Å². The minimum atomic E-state index is -0.143. The van der Waals surface area contributed by atoms with E-state index in [9.17, 15) is 4.79 Å². The summed E-state index contributed by atoms with van der Waals surface area (Å²) < 4.78 is 5.38. The molecule has 110 valence electrons. The average molecular weight is 270 g/mol. The fraction of sp³-hybridized carbons (Fsp3) is 0.929. The van der Waals surface area contributed by atoms with Gasteiger partial charge < -0.3 is 15.2 Å². The van der Waals surface area contributed by atoms with Gasteiger partial charge in [0.25, 0.3) is 0 Å². The first-order valence-electron chi connectivity index (χ1n) is 7.43.